The highest BCUT2D eigenvalue weighted by molar-refractivity contribution is 7.06. The normalized spacial score (nSPS) is 18.5. The molecule has 1 aliphatic rings. The summed E-state index contributed by atoms with van der Waals surface area (Å²) in [5, 5.41) is 24.9. The summed E-state index contributed by atoms with van der Waals surface area (Å²) in [6.45, 7) is 4.40. The molecule has 2 atom stereocenters. The van der Waals surface area contributed by atoms with E-state index in [9.17, 15) is 0 Å². The van der Waals surface area contributed by atoms with Crippen molar-refractivity contribution in [1.82, 2.24) is 23.9 Å². The molecule has 0 aliphatic heterocycles. The molecule has 4 rings (SSSR count). The van der Waals surface area contributed by atoms with Crippen molar-refractivity contribution in [2.75, 3.05) is 7.11 Å². The van der Waals surface area contributed by atoms with Crippen LogP contribution >= 0.6 is 11.5 Å². The van der Waals surface area contributed by atoms with E-state index in [-0.39, 0.29) is 11.3 Å². The summed E-state index contributed by atoms with van der Waals surface area (Å²) in [5.41, 5.74) is 2.87. The summed E-state index contributed by atoms with van der Waals surface area (Å²) in [7, 11) is 1.63. The summed E-state index contributed by atoms with van der Waals surface area (Å²) in [5.74, 6) is 1.71. The SMILES string of the molecule is CCn1nc(C2CC2c2cc(OC)ns2)cc1-c1ccc(=N)n(C(C)=N)n1. The zero-order chi connectivity index (χ0) is 19.1. The number of nitrogens with one attached hydrogen (secondary N) is 2. The molecule has 3 aromatic rings. The first kappa shape index (κ1) is 17.6. The molecule has 0 spiro atoms. The van der Waals surface area contributed by atoms with Crippen LogP contribution < -0.4 is 10.2 Å². The molecule has 2 N–H and O–H groups in total. The summed E-state index contributed by atoms with van der Waals surface area (Å²) in [6, 6.07) is 7.57. The van der Waals surface area contributed by atoms with Crippen molar-refractivity contribution >= 4 is 17.4 Å². The first-order valence-electron chi connectivity index (χ1n) is 8.81. The third-order valence-electron chi connectivity index (χ3n) is 4.77. The highest BCUT2D eigenvalue weighted by atomic mass is 32.1. The van der Waals surface area contributed by atoms with Gasteiger partial charge in [-0.2, -0.15) is 14.6 Å². The molecular formula is C18H21N7OS. The minimum atomic E-state index is 0.190. The molecule has 1 saturated carbocycles. The Balaban J connectivity index is 1.65. The molecular weight excluding hydrogens is 362 g/mol. The van der Waals surface area contributed by atoms with Gasteiger partial charge in [-0.15, -0.1) is 0 Å². The van der Waals surface area contributed by atoms with Crippen molar-refractivity contribution < 1.29 is 4.74 Å². The van der Waals surface area contributed by atoms with Gasteiger partial charge >= 0.3 is 0 Å². The van der Waals surface area contributed by atoms with E-state index >= 15 is 0 Å². The van der Waals surface area contributed by atoms with E-state index in [1.165, 1.54) is 21.1 Å². The number of hydrogen-bond donors (Lipinski definition) is 2. The van der Waals surface area contributed by atoms with Gasteiger partial charge in [-0.25, -0.2) is 4.68 Å². The molecule has 9 heteroatoms. The van der Waals surface area contributed by atoms with Crippen molar-refractivity contribution in [3.63, 3.8) is 0 Å². The Morgan fingerprint density at radius 3 is 2.78 bits per heavy atom. The molecule has 0 amide bonds. The number of hydrogen-bond acceptors (Lipinski definition) is 7. The van der Waals surface area contributed by atoms with Gasteiger partial charge in [-0.05, 0) is 50.0 Å². The molecule has 0 bridgehead atoms. The minimum absolute atomic E-state index is 0.190. The lowest BCUT2D eigenvalue weighted by Crippen LogP contribution is -2.27. The minimum Gasteiger partial charge on any atom is -0.480 e. The quantitative estimate of drug-likeness (QED) is 0.522. The van der Waals surface area contributed by atoms with Crippen LogP contribution in [-0.2, 0) is 6.54 Å². The highest BCUT2D eigenvalue weighted by Gasteiger charge is 2.43. The van der Waals surface area contributed by atoms with Gasteiger partial charge < -0.3 is 4.74 Å². The molecule has 2 unspecified atom stereocenters. The predicted molar refractivity (Wildman–Crippen MR) is 103 cm³/mol. The second kappa shape index (κ2) is 6.73. The Hall–Kier alpha value is -2.81. The predicted octanol–water partition coefficient (Wildman–Crippen LogP) is 2.83. The number of aromatic nitrogens is 5. The molecule has 0 saturated heterocycles. The molecule has 3 heterocycles. The lowest BCUT2D eigenvalue weighted by Gasteiger charge is -2.07. The average Bonchev–Trinajstić information content (AvgIpc) is 3.13. The van der Waals surface area contributed by atoms with Crippen molar-refractivity contribution in [1.29, 1.82) is 10.8 Å². The summed E-state index contributed by atoms with van der Waals surface area (Å²) >= 11 is 1.49. The fourth-order valence-corrected chi connectivity index (χ4v) is 4.13. The average molecular weight is 383 g/mol. The van der Waals surface area contributed by atoms with Crippen molar-refractivity contribution in [3.8, 4) is 17.3 Å². The standard InChI is InChI=1S/C18H21N7OS/c1-4-24-15(13-5-6-17(20)25(22-13)10(2)19)8-14(21-24)11-7-12(11)16-9-18(26-3)23-27-16/h5-6,8-9,11-12,19-20H,4,7H2,1-3H3. The van der Waals surface area contributed by atoms with Crippen LogP contribution in [0.3, 0.4) is 0 Å². The Morgan fingerprint density at radius 1 is 1.30 bits per heavy atom. The first-order chi connectivity index (χ1) is 13.0. The van der Waals surface area contributed by atoms with Gasteiger partial charge in [0.15, 0.2) is 0 Å². The number of ether oxygens (including phenoxy) is 1. The van der Waals surface area contributed by atoms with Crippen LogP contribution in [0, 0.1) is 10.8 Å². The Bertz CT molecular complexity index is 1060. The molecule has 3 aromatic heterocycles. The van der Waals surface area contributed by atoms with Gasteiger partial charge in [-0.3, -0.25) is 15.5 Å². The van der Waals surface area contributed by atoms with Crippen molar-refractivity contribution in [3.05, 3.63) is 40.3 Å². The van der Waals surface area contributed by atoms with E-state index in [0.29, 0.717) is 17.7 Å². The second-order valence-corrected chi connectivity index (χ2v) is 7.43. The highest BCUT2D eigenvalue weighted by Crippen LogP contribution is 2.56. The maximum absolute atomic E-state index is 7.90. The number of aryl methyl sites for hydroxylation is 1. The van der Waals surface area contributed by atoms with Crippen LogP contribution in [-0.4, -0.2) is 36.9 Å². The van der Waals surface area contributed by atoms with Crippen LogP contribution in [0.1, 0.15) is 42.7 Å². The lowest BCUT2D eigenvalue weighted by molar-refractivity contribution is 0.402. The van der Waals surface area contributed by atoms with E-state index in [1.807, 2.05) is 23.7 Å². The van der Waals surface area contributed by atoms with Crippen LogP contribution in [0.5, 0.6) is 5.88 Å². The maximum Gasteiger partial charge on any atom is 0.225 e. The van der Waals surface area contributed by atoms with E-state index in [1.54, 1.807) is 20.1 Å². The van der Waals surface area contributed by atoms with Gasteiger partial charge in [0, 0.05) is 29.3 Å². The van der Waals surface area contributed by atoms with Gasteiger partial charge in [0.25, 0.3) is 0 Å². The molecule has 27 heavy (non-hydrogen) atoms. The monoisotopic (exact) mass is 383 g/mol. The van der Waals surface area contributed by atoms with Gasteiger partial charge in [0.05, 0.1) is 18.5 Å². The zero-order valence-electron chi connectivity index (χ0n) is 15.4. The Kier molecular flexibility index (Phi) is 4.39. The lowest BCUT2D eigenvalue weighted by atomic mass is 10.2. The molecule has 1 aliphatic carbocycles. The molecule has 1 fully saturated rings. The largest absolute Gasteiger partial charge is 0.480 e. The van der Waals surface area contributed by atoms with Gasteiger partial charge in [0.1, 0.15) is 17.0 Å². The van der Waals surface area contributed by atoms with E-state index in [4.69, 9.17) is 20.7 Å². The number of rotatable bonds is 5. The Morgan fingerprint density at radius 2 is 2.11 bits per heavy atom. The molecule has 140 valence electrons. The van der Waals surface area contributed by atoms with Gasteiger partial charge in [0.2, 0.25) is 5.88 Å². The smallest absolute Gasteiger partial charge is 0.225 e. The van der Waals surface area contributed by atoms with Crippen molar-refractivity contribution in [2.45, 2.75) is 38.6 Å². The number of methoxy groups -OCH3 is 1. The summed E-state index contributed by atoms with van der Waals surface area (Å²) in [4.78, 5) is 1.23. The summed E-state index contributed by atoms with van der Waals surface area (Å²) < 4.78 is 12.7. The topological polar surface area (TPSA) is 105 Å². The second-order valence-electron chi connectivity index (χ2n) is 6.59. The van der Waals surface area contributed by atoms with Crippen LogP contribution in [0.15, 0.2) is 24.3 Å². The van der Waals surface area contributed by atoms with E-state index in [0.717, 1.165) is 30.0 Å². The Labute approximate surface area is 160 Å². The third-order valence-corrected chi connectivity index (χ3v) is 5.67. The van der Waals surface area contributed by atoms with Crippen LogP contribution in [0.25, 0.3) is 11.4 Å². The molecule has 8 nitrogen and oxygen atoms in total. The first-order valence-corrected chi connectivity index (χ1v) is 9.58. The van der Waals surface area contributed by atoms with Crippen molar-refractivity contribution in [2.24, 2.45) is 0 Å². The maximum atomic E-state index is 7.90. The van der Waals surface area contributed by atoms with Gasteiger partial charge in [-0.1, -0.05) is 0 Å². The van der Waals surface area contributed by atoms with Crippen LogP contribution in [0.4, 0.5) is 0 Å². The third kappa shape index (κ3) is 3.18. The molecule has 0 radical (unpaired) electrons. The van der Waals surface area contributed by atoms with Crippen LogP contribution in [0.2, 0.25) is 0 Å². The summed E-state index contributed by atoms with van der Waals surface area (Å²) in [6.07, 6.45) is 1.06. The molecule has 0 aromatic carbocycles. The van der Waals surface area contributed by atoms with E-state index < -0.39 is 0 Å². The zero-order valence-corrected chi connectivity index (χ0v) is 16.2. The number of nitrogens with zero attached hydrogens (tertiary/aromatic N) is 5. The van der Waals surface area contributed by atoms with E-state index in [2.05, 4.69) is 15.5 Å². The fraction of sp³-hybridized carbons (Fsp3) is 0.389. The fourth-order valence-electron chi connectivity index (χ4n) is 3.26.